The Bertz CT molecular complexity index is 560. The van der Waals surface area contributed by atoms with Crippen molar-refractivity contribution in [3.05, 3.63) is 44.4 Å². The van der Waals surface area contributed by atoms with E-state index in [1.54, 1.807) is 17.5 Å². The molecule has 0 aromatic carbocycles. The van der Waals surface area contributed by atoms with E-state index in [-0.39, 0.29) is 5.56 Å². The zero-order valence-corrected chi connectivity index (χ0v) is 9.50. The van der Waals surface area contributed by atoms with Crippen LogP contribution in [0.4, 0.5) is 0 Å². The number of hydrogen-bond donors (Lipinski definition) is 0. The van der Waals surface area contributed by atoms with Gasteiger partial charge in [-0.15, -0.1) is 0 Å². The van der Waals surface area contributed by atoms with E-state index in [0.29, 0.717) is 11.2 Å². The topological polar surface area (TPSA) is 34.4 Å². The molecule has 0 aliphatic carbocycles. The van der Waals surface area contributed by atoms with Crippen molar-refractivity contribution in [2.24, 2.45) is 0 Å². The number of pyridine rings is 1. The average molecular weight is 253 g/mol. The van der Waals surface area contributed by atoms with Gasteiger partial charge >= 0.3 is 0 Å². The van der Waals surface area contributed by atoms with E-state index in [0.717, 1.165) is 10.2 Å². The van der Waals surface area contributed by atoms with Crippen LogP contribution in [0.15, 0.2) is 27.6 Å². The standard InChI is InChI=1S/C10H9BrN2O/c1-6-7(2)12-9-5-8(11)3-4-13(9)10(6)14/h3-5H,1-2H3. The van der Waals surface area contributed by atoms with Gasteiger partial charge in [-0.3, -0.25) is 9.20 Å². The van der Waals surface area contributed by atoms with Crippen molar-refractivity contribution in [2.75, 3.05) is 0 Å². The summed E-state index contributed by atoms with van der Waals surface area (Å²) in [5.41, 5.74) is 2.16. The first-order valence-electron chi connectivity index (χ1n) is 4.25. The molecule has 0 radical (unpaired) electrons. The molecule has 0 aliphatic heterocycles. The van der Waals surface area contributed by atoms with E-state index in [1.165, 1.54) is 0 Å². The summed E-state index contributed by atoms with van der Waals surface area (Å²) in [4.78, 5) is 16.1. The Morgan fingerprint density at radius 1 is 1.43 bits per heavy atom. The van der Waals surface area contributed by atoms with Gasteiger partial charge in [-0.25, -0.2) is 4.98 Å². The number of aromatic nitrogens is 2. The van der Waals surface area contributed by atoms with Crippen LogP contribution >= 0.6 is 15.9 Å². The Morgan fingerprint density at radius 2 is 2.14 bits per heavy atom. The Balaban J connectivity index is 2.98. The monoisotopic (exact) mass is 252 g/mol. The molecule has 0 unspecified atom stereocenters. The van der Waals surface area contributed by atoms with Crippen LogP contribution in [0, 0.1) is 13.8 Å². The maximum atomic E-state index is 11.8. The smallest absolute Gasteiger partial charge is 0.260 e. The van der Waals surface area contributed by atoms with Crippen molar-refractivity contribution in [1.29, 1.82) is 0 Å². The van der Waals surface area contributed by atoms with Crippen LogP contribution in [0.3, 0.4) is 0 Å². The Kier molecular flexibility index (Phi) is 2.15. The van der Waals surface area contributed by atoms with Gasteiger partial charge in [0.25, 0.3) is 5.56 Å². The fourth-order valence-electron chi connectivity index (χ4n) is 1.31. The second kappa shape index (κ2) is 3.20. The lowest BCUT2D eigenvalue weighted by Crippen LogP contribution is -2.18. The molecular weight excluding hydrogens is 244 g/mol. The van der Waals surface area contributed by atoms with Gasteiger partial charge < -0.3 is 0 Å². The number of hydrogen-bond acceptors (Lipinski definition) is 2. The minimum absolute atomic E-state index is 0.000000000000000222. The first kappa shape index (κ1) is 9.40. The Labute approximate surface area is 89.5 Å². The number of nitrogens with zero attached hydrogens (tertiary/aromatic N) is 2. The van der Waals surface area contributed by atoms with Gasteiger partial charge in [0.05, 0.1) is 0 Å². The number of rotatable bonds is 0. The molecule has 0 aliphatic rings. The minimum Gasteiger partial charge on any atom is -0.269 e. The van der Waals surface area contributed by atoms with Crippen molar-refractivity contribution >= 4 is 21.6 Å². The van der Waals surface area contributed by atoms with Crippen molar-refractivity contribution in [1.82, 2.24) is 9.38 Å². The van der Waals surface area contributed by atoms with E-state index in [9.17, 15) is 4.79 Å². The van der Waals surface area contributed by atoms with Crippen molar-refractivity contribution in [3.8, 4) is 0 Å². The third-order valence-corrected chi connectivity index (χ3v) is 2.75. The predicted octanol–water partition coefficient (Wildman–Crippen LogP) is 2.07. The fraction of sp³-hybridized carbons (Fsp3) is 0.200. The first-order chi connectivity index (χ1) is 6.59. The minimum atomic E-state index is 0.000000000000000222. The molecule has 2 aromatic heterocycles. The highest BCUT2D eigenvalue weighted by atomic mass is 79.9. The Morgan fingerprint density at radius 3 is 2.86 bits per heavy atom. The summed E-state index contributed by atoms with van der Waals surface area (Å²) in [6.07, 6.45) is 1.72. The van der Waals surface area contributed by atoms with E-state index in [4.69, 9.17) is 0 Å². The molecule has 0 amide bonds. The second-order valence-electron chi connectivity index (χ2n) is 3.20. The van der Waals surface area contributed by atoms with Crippen LogP contribution in [-0.2, 0) is 0 Å². The van der Waals surface area contributed by atoms with Gasteiger partial charge in [-0.05, 0) is 26.0 Å². The molecule has 4 heteroatoms. The lowest BCUT2D eigenvalue weighted by atomic mass is 10.2. The number of fused-ring (bicyclic) bond motifs is 1. The molecule has 2 aromatic rings. The Hall–Kier alpha value is -1.16. The summed E-state index contributed by atoms with van der Waals surface area (Å²) in [5, 5.41) is 0. The summed E-state index contributed by atoms with van der Waals surface area (Å²) in [6.45, 7) is 3.64. The highest BCUT2D eigenvalue weighted by molar-refractivity contribution is 9.10. The molecule has 2 rings (SSSR count). The molecule has 0 atom stereocenters. The molecule has 0 N–H and O–H groups in total. The molecule has 0 bridgehead atoms. The molecule has 0 saturated heterocycles. The third-order valence-electron chi connectivity index (χ3n) is 2.26. The summed E-state index contributed by atoms with van der Waals surface area (Å²) < 4.78 is 2.47. The van der Waals surface area contributed by atoms with E-state index in [1.807, 2.05) is 19.1 Å². The van der Waals surface area contributed by atoms with Gasteiger partial charge in [-0.1, -0.05) is 15.9 Å². The molecule has 72 valence electrons. The van der Waals surface area contributed by atoms with E-state index < -0.39 is 0 Å². The summed E-state index contributed by atoms with van der Waals surface area (Å²) in [6, 6.07) is 3.65. The molecule has 3 nitrogen and oxygen atoms in total. The lowest BCUT2D eigenvalue weighted by molar-refractivity contribution is 0.982. The first-order valence-corrected chi connectivity index (χ1v) is 5.04. The normalized spacial score (nSPS) is 10.8. The average Bonchev–Trinajstić information content (AvgIpc) is 2.14. The maximum absolute atomic E-state index is 11.8. The van der Waals surface area contributed by atoms with Gasteiger partial charge in [0.2, 0.25) is 0 Å². The zero-order chi connectivity index (χ0) is 10.3. The lowest BCUT2D eigenvalue weighted by Gasteiger charge is -2.04. The van der Waals surface area contributed by atoms with Gasteiger partial charge in [-0.2, -0.15) is 0 Å². The predicted molar refractivity (Wildman–Crippen MR) is 58.6 cm³/mol. The highest BCUT2D eigenvalue weighted by Gasteiger charge is 2.04. The van der Waals surface area contributed by atoms with Crippen molar-refractivity contribution in [3.63, 3.8) is 0 Å². The SMILES string of the molecule is Cc1nc2cc(Br)ccn2c(=O)c1C. The molecule has 0 saturated carbocycles. The highest BCUT2D eigenvalue weighted by Crippen LogP contribution is 2.11. The maximum Gasteiger partial charge on any atom is 0.260 e. The van der Waals surface area contributed by atoms with Gasteiger partial charge in [0.15, 0.2) is 0 Å². The van der Waals surface area contributed by atoms with E-state index in [2.05, 4.69) is 20.9 Å². The number of aryl methyl sites for hydroxylation is 1. The summed E-state index contributed by atoms with van der Waals surface area (Å²) in [7, 11) is 0. The van der Waals surface area contributed by atoms with Gasteiger partial charge in [0.1, 0.15) is 5.65 Å². The van der Waals surface area contributed by atoms with E-state index >= 15 is 0 Å². The fourth-order valence-corrected chi connectivity index (χ4v) is 1.64. The molecule has 14 heavy (non-hydrogen) atoms. The van der Waals surface area contributed by atoms with Crippen LogP contribution < -0.4 is 5.56 Å². The largest absolute Gasteiger partial charge is 0.269 e. The summed E-state index contributed by atoms with van der Waals surface area (Å²) >= 11 is 3.34. The van der Waals surface area contributed by atoms with Crippen LogP contribution in [0.5, 0.6) is 0 Å². The summed E-state index contributed by atoms with van der Waals surface area (Å²) in [5.74, 6) is 0. The second-order valence-corrected chi connectivity index (χ2v) is 4.12. The van der Waals surface area contributed by atoms with Crippen LogP contribution in [0.2, 0.25) is 0 Å². The van der Waals surface area contributed by atoms with Crippen LogP contribution in [0.25, 0.3) is 5.65 Å². The molecule has 0 spiro atoms. The molecule has 2 heterocycles. The number of halogens is 1. The molecule has 0 fully saturated rings. The third kappa shape index (κ3) is 1.35. The van der Waals surface area contributed by atoms with Gasteiger partial charge in [0, 0.05) is 21.9 Å². The quantitative estimate of drug-likeness (QED) is 0.720. The van der Waals surface area contributed by atoms with Crippen LogP contribution in [-0.4, -0.2) is 9.38 Å². The van der Waals surface area contributed by atoms with Crippen LogP contribution in [0.1, 0.15) is 11.3 Å². The molecular formula is C10H9BrN2O. The van der Waals surface area contributed by atoms with Crippen molar-refractivity contribution in [2.45, 2.75) is 13.8 Å². The van der Waals surface area contributed by atoms with Crippen molar-refractivity contribution < 1.29 is 0 Å². The zero-order valence-electron chi connectivity index (χ0n) is 7.91.